The summed E-state index contributed by atoms with van der Waals surface area (Å²) in [5.74, 6) is 0.529. The largest absolute Gasteiger partial charge is 0.214 e. The van der Waals surface area contributed by atoms with Gasteiger partial charge in [0.1, 0.15) is 0 Å². The second-order valence-corrected chi connectivity index (χ2v) is 7.94. The Morgan fingerprint density at radius 2 is 1.95 bits per heavy atom. The van der Waals surface area contributed by atoms with Crippen molar-refractivity contribution >= 4 is 21.6 Å². The van der Waals surface area contributed by atoms with Gasteiger partial charge in [0.2, 0.25) is 10.0 Å². The van der Waals surface area contributed by atoms with Crippen molar-refractivity contribution in [1.82, 2.24) is 4.31 Å². The third-order valence-electron chi connectivity index (χ3n) is 3.83. The van der Waals surface area contributed by atoms with E-state index < -0.39 is 10.0 Å². The molecule has 1 atom stereocenters. The summed E-state index contributed by atoms with van der Waals surface area (Å²) in [7, 11) is -3.10. The molecule has 0 radical (unpaired) electrons. The van der Waals surface area contributed by atoms with E-state index in [1.165, 1.54) is 5.56 Å². The molecule has 0 aromatic heterocycles. The quantitative estimate of drug-likeness (QED) is 0.850. The zero-order chi connectivity index (χ0) is 14.6. The molecule has 1 aliphatic heterocycles. The summed E-state index contributed by atoms with van der Waals surface area (Å²) in [6.07, 6.45) is 3.74. The van der Waals surface area contributed by atoms with Crippen molar-refractivity contribution < 1.29 is 8.42 Å². The highest BCUT2D eigenvalue weighted by atomic mass is 35.5. The first kappa shape index (κ1) is 15.8. The minimum absolute atomic E-state index is 0.250. The van der Waals surface area contributed by atoms with E-state index in [0.717, 1.165) is 24.3 Å². The lowest BCUT2D eigenvalue weighted by atomic mass is 9.95. The summed E-state index contributed by atoms with van der Waals surface area (Å²) in [6.45, 7) is 3.17. The lowest BCUT2D eigenvalue weighted by Crippen LogP contribution is -2.35. The summed E-state index contributed by atoms with van der Waals surface area (Å²) in [4.78, 5) is 0. The number of hydrogen-bond acceptors (Lipinski definition) is 2. The van der Waals surface area contributed by atoms with Crippen molar-refractivity contribution in [3.8, 4) is 0 Å². The van der Waals surface area contributed by atoms with Gasteiger partial charge in [-0.3, -0.25) is 0 Å². The molecule has 1 heterocycles. The first-order valence-corrected chi connectivity index (χ1v) is 9.25. The van der Waals surface area contributed by atoms with Gasteiger partial charge in [-0.1, -0.05) is 37.1 Å². The molecule has 0 N–H and O–H groups in total. The summed E-state index contributed by atoms with van der Waals surface area (Å²) in [5.41, 5.74) is 1.19. The third kappa shape index (κ3) is 3.96. The van der Waals surface area contributed by atoms with Crippen LogP contribution in [0.25, 0.3) is 0 Å². The second kappa shape index (κ2) is 6.92. The van der Waals surface area contributed by atoms with E-state index in [-0.39, 0.29) is 11.7 Å². The van der Waals surface area contributed by atoms with Crippen molar-refractivity contribution in [2.75, 3.05) is 18.8 Å². The molecule has 0 spiro atoms. The Bertz CT molecular complexity index is 527. The maximum Gasteiger partial charge on any atom is 0.214 e. The Morgan fingerprint density at radius 1 is 1.25 bits per heavy atom. The van der Waals surface area contributed by atoms with E-state index in [9.17, 15) is 8.42 Å². The molecular formula is C15H22ClNO2S. The lowest BCUT2D eigenvalue weighted by molar-refractivity contribution is 0.406. The molecule has 20 heavy (non-hydrogen) atoms. The van der Waals surface area contributed by atoms with Crippen LogP contribution in [0, 0.1) is 0 Å². The number of sulfonamides is 1. The van der Waals surface area contributed by atoms with Crippen LogP contribution in [-0.4, -0.2) is 31.6 Å². The highest BCUT2D eigenvalue weighted by Crippen LogP contribution is 2.28. The molecule has 1 aliphatic rings. The van der Waals surface area contributed by atoms with Gasteiger partial charge in [0.05, 0.1) is 5.75 Å². The van der Waals surface area contributed by atoms with Gasteiger partial charge in [-0.2, -0.15) is 0 Å². The van der Waals surface area contributed by atoms with Crippen LogP contribution in [0.2, 0.25) is 5.02 Å². The first-order chi connectivity index (χ1) is 9.53. The van der Waals surface area contributed by atoms with Gasteiger partial charge < -0.3 is 0 Å². The van der Waals surface area contributed by atoms with E-state index >= 15 is 0 Å². The molecule has 3 nitrogen and oxygen atoms in total. The smallest absolute Gasteiger partial charge is 0.212 e. The van der Waals surface area contributed by atoms with Crippen LogP contribution in [0.1, 0.15) is 44.1 Å². The topological polar surface area (TPSA) is 37.4 Å². The minimum atomic E-state index is -3.10. The maximum atomic E-state index is 12.3. The number of hydrogen-bond donors (Lipinski definition) is 0. The second-order valence-electron chi connectivity index (χ2n) is 5.42. The summed E-state index contributed by atoms with van der Waals surface area (Å²) in [6, 6.07) is 7.80. The molecule has 112 valence electrons. The normalized spacial score (nSPS) is 21.6. The Balaban J connectivity index is 2.17. The molecular weight excluding hydrogens is 294 g/mol. The van der Waals surface area contributed by atoms with Crippen LogP contribution < -0.4 is 0 Å². The average Bonchev–Trinajstić information content (AvgIpc) is 2.66. The highest BCUT2D eigenvalue weighted by Gasteiger charge is 2.27. The Hall–Kier alpha value is -0.580. The van der Waals surface area contributed by atoms with E-state index in [1.807, 2.05) is 31.2 Å². The average molecular weight is 316 g/mol. The summed E-state index contributed by atoms with van der Waals surface area (Å²) in [5, 5.41) is 0.720. The molecule has 1 aromatic rings. The fourth-order valence-electron chi connectivity index (χ4n) is 2.75. The summed E-state index contributed by atoms with van der Waals surface area (Å²) >= 11 is 5.92. The molecule has 0 unspecified atom stereocenters. The monoisotopic (exact) mass is 315 g/mol. The SMILES string of the molecule is CCCS(=O)(=O)N1CCCC[C@H](c2ccc(Cl)cc2)C1. The van der Waals surface area contributed by atoms with Crippen LogP contribution in [0.5, 0.6) is 0 Å². The van der Waals surface area contributed by atoms with Gasteiger partial charge in [0, 0.05) is 18.1 Å². The molecule has 1 aromatic carbocycles. The van der Waals surface area contributed by atoms with Crippen molar-refractivity contribution in [3.63, 3.8) is 0 Å². The first-order valence-electron chi connectivity index (χ1n) is 7.26. The van der Waals surface area contributed by atoms with Crippen LogP contribution in [0.3, 0.4) is 0 Å². The molecule has 5 heteroatoms. The number of nitrogens with zero attached hydrogens (tertiary/aromatic N) is 1. The third-order valence-corrected chi connectivity index (χ3v) is 6.13. The van der Waals surface area contributed by atoms with Crippen LogP contribution in [-0.2, 0) is 10.0 Å². The minimum Gasteiger partial charge on any atom is -0.212 e. The van der Waals surface area contributed by atoms with Crippen molar-refractivity contribution in [3.05, 3.63) is 34.9 Å². The lowest BCUT2D eigenvalue weighted by Gasteiger charge is -2.24. The number of rotatable bonds is 4. The van der Waals surface area contributed by atoms with Crippen molar-refractivity contribution in [2.45, 2.75) is 38.5 Å². The van der Waals surface area contributed by atoms with Crippen molar-refractivity contribution in [2.24, 2.45) is 0 Å². The predicted octanol–water partition coefficient (Wildman–Crippen LogP) is 3.65. The van der Waals surface area contributed by atoms with Gasteiger partial charge in [-0.05, 0) is 42.9 Å². The standard InChI is InChI=1S/C15H22ClNO2S/c1-2-11-20(18,19)17-10-4-3-5-14(12-17)13-6-8-15(16)9-7-13/h6-9,14H,2-5,10-12H2,1H3/t14-/m0/s1. The van der Waals surface area contributed by atoms with Gasteiger partial charge in [0.25, 0.3) is 0 Å². The van der Waals surface area contributed by atoms with E-state index in [0.29, 0.717) is 19.5 Å². The fourth-order valence-corrected chi connectivity index (χ4v) is 4.47. The molecule has 0 amide bonds. The molecule has 1 fully saturated rings. The van der Waals surface area contributed by atoms with Gasteiger partial charge in [-0.15, -0.1) is 0 Å². The number of benzene rings is 1. The molecule has 0 saturated carbocycles. The number of halogens is 1. The fraction of sp³-hybridized carbons (Fsp3) is 0.600. The Labute approximate surface area is 127 Å². The van der Waals surface area contributed by atoms with Crippen LogP contribution >= 0.6 is 11.6 Å². The van der Waals surface area contributed by atoms with Crippen molar-refractivity contribution in [1.29, 1.82) is 0 Å². The molecule has 0 aliphatic carbocycles. The highest BCUT2D eigenvalue weighted by molar-refractivity contribution is 7.89. The van der Waals surface area contributed by atoms with Gasteiger partial charge in [-0.25, -0.2) is 12.7 Å². The van der Waals surface area contributed by atoms with Crippen LogP contribution in [0.4, 0.5) is 0 Å². The predicted molar refractivity (Wildman–Crippen MR) is 83.7 cm³/mol. The van der Waals surface area contributed by atoms with E-state index in [4.69, 9.17) is 11.6 Å². The zero-order valence-electron chi connectivity index (χ0n) is 11.9. The van der Waals surface area contributed by atoms with E-state index in [1.54, 1.807) is 4.31 Å². The van der Waals surface area contributed by atoms with E-state index in [2.05, 4.69) is 0 Å². The Morgan fingerprint density at radius 3 is 2.60 bits per heavy atom. The molecule has 0 bridgehead atoms. The zero-order valence-corrected chi connectivity index (χ0v) is 13.5. The summed E-state index contributed by atoms with van der Waals surface area (Å²) < 4.78 is 26.2. The molecule has 2 rings (SSSR count). The van der Waals surface area contributed by atoms with Crippen LogP contribution in [0.15, 0.2) is 24.3 Å². The molecule has 1 saturated heterocycles. The van der Waals surface area contributed by atoms with Gasteiger partial charge >= 0.3 is 0 Å². The maximum absolute atomic E-state index is 12.3. The van der Waals surface area contributed by atoms with Gasteiger partial charge in [0.15, 0.2) is 0 Å². The Kier molecular flexibility index (Phi) is 5.47.